The molecule has 1 unspecified atom stereocenters. The van der Waals surface area contributed by atoms with Crippen LogP contribution in [0.25, 0.3) is 0 Å². The number of benzene rings is 2. The molecule has 3 nitrogen and oxygen atoms in total. The molecular weight excluding hydrogens is 252 g/mol. The molecule has 0 heterocycles. The zero-order chi connectivity index (χ0) is 14.1. The van der Waals surface area contributed by atoms with E-state index in [0.717, 1.165) is 11.1 Å². The predicted molar refractivity (Wildman–Crippen MR) is 75.0 cm³/mol. The second-order valence-electron chi connectivity index (χ2n) is 5.00. The minimum atomic E-state index is -0.812. The number of hydrogen-bond donors (Lipinski definition) is 1. The van der Waals surface area contributed by atoms with Gasteiger partial charge in [-0.05, 0) is 24.0 Å². The Morgan fingerprint density at radius 1 is 1.00 bits per heavy atom. The summed E-state index contributed by atoms with van der Waals surface area (Å²) >= 11 is 0. The van der Waals surface area contributed by atoms with Crippen LogP contribution in [0.15, 0.2) is 48.5 Å². The maximum absolute atomic E-state index is 12.5. The molecule has 1 aliphatic carbocycles. The lowest BCUT2D eigenvalue weighted by atomic mass is 9.94. The summed E-state index contributed by atoms with van der Waals surface area (Å²) in [7, 11) is 0. The van der Waals surface area contributed by atoms with Gasteiger partial charge in [0.1, 0.15) is 0 Å². The highest BCUT2D eigenvalue weighted by Gasteiger charge is 2.31. The highest BCUT2D eigenvalue weighted by molar-refractivity contribution is 6.10. The molecule has 20 heavy (non-hydrogen) atoms. The van der Waals surface area contributed by atoms with Gasteiger partial charge in [-0.15, -0.1) is 0 Å². The van der Waals surface area contributed by atoms with Crippen LogP contribution < -0.4 is 0 Å². The first kappa shape index (κ1) is 12.6. The first-order valence-corrected chi connectivity index (χ1v) is 6.63. The summed E-state index contributed by atoms with van der Waals surface area (Å²) in [6, 6.07) is 14.5. The molecule has 100 valence electrons. The van der Waals surface area contributed by atoms with E-state index < -0.39 is 11.9 Å². The number of aliphatic carboxylic acids is 1. The van der Waals surface area contributed by atoms with Gasteiger partial charge in [0, 0.05) is 11.1 Å². The van der Waals surface area contributed by atoms with Gasteiger partial charge in [0.15, 0.2) is 5.78 Å². The molecule has 0 bridgehead atoms. The minimum absolute atomic E-state index is 0.0338. The van der Waals surface area contributed by atoms with E-state index in [9.17, 15) is 14.7 Å². The van der Waals surface area contributed by atoms with Gasteiger partial charge >= 0.3 is 5.97 Å². The Hall–Kier alpha value is -2.42. The number of carboxylic acid groups (broad SMARTS) is 1. The van der Waals surface area contributed by atoms with Crippen molar-refractivity contribution in [2.24, 2.45) is 0 Å². The van der Waals surface area contributed by atoms with Crippen molar-refractivity contribution >= 4 is 11.8 Å². The molecule has 1 aliphatic rings. The van der Waals surface area contributed by atoms with Crippen LogP contribution in [0, 0.1) is 0 Å². The summed E-state index contributed by atoms with van der Waals surface area (Å²) in [5.41, 5.74) is 2.96. The fourth-order valence-corrected chi connectivity index (χ4v) is 2.87. The van der Waals surface area contributed by atoms with Gasteiger partial charge in [0.25, 0.3) is 0 Å². The average molecular weight is 266 g/mol. The second-order valence-corrected chi connectivity index (χ2v) is 5.00. The highest BCUT2D eigenvalue weighted by Crippen LogP contribution is 2.35. The molecule has 0 radical (unpaired) electrons. The summed E-state index contributed by atoms with van der Waals surface area (Å²) in [5.74, 6) is -1.32. The molecule has 0 fully saturated rings. The fourth-order valence-electron chi connectivity index (χ4n) is 2.87. The highest BCUT2D eigenvalue weighted by atomic mass is 16.4. The smallest absolute Gasteiger partial charge is 0.310 e. The minimum Gasteiger partial charge on any atom is -0.481 e. The van der Waals surface area contributed by atoms with Crippen molar-refractivity contribution in [2.45, 2.75) is 18.8 Å². The lowest BCUT2D eigenvalue weighted by molar-refractivity contribution is -0.138. The predicted octanol–water partition coefficient (Wildman–Crippen LogP) is 3.03. The number of carboxylic acids is 1. The number of carbonyl (C=O) groups is 2. The molecule has 0 saturated carbocycles. The maximum Gasteiger partial charge on any atom is 0.310 e. The molecule has 1 N–H and O–H groups in total. The van der Waals surface area contributed by atoms with Crippen molar-refractivity contribution in [3.63, 3.8) is 0 Å². The van der Waals surface area contributed by atoms with Crippen molar-refractivity contribution in [2.75, 3.05) is 0 Å². The summed E-state index contributed by atoms with van der Waals surface area (Å²) in [6.45, 7) is 0. The molecule has 0 aliphatic heterocycles. The van der Waals surface area contributed by atoms with Crippen LogP contribution in [0.2, 0.25) is 0 Å². The topological polar surface area (TPSA) is 54.4 Å². The fraction of sp³-hybridized carbons (Fsp3) is 0.176. The van der Waals surface area contributed by atoms with Crippen LogP contribution in [0.3, 0.4) is 0 Å². The Kier molecular flexibility index (Phi) is 3.11. The zero-order valence-electron chi connectivity index (χ0n) is 10.9. The SMILES string of the molecule is O=C(c1ccccc1)c1cccc2c1CCC2C(=O)O. The lowest BCUT2D eigenvalue weighted by Gasteiger charge is -2.09. The molecule has 0 spiro atoms. The normalized spacial score (nSPS) is 16.7. The second kappa shape index (κ2) is 4.93. The van der Waals surface area contributed by atoms with E-state index in [-0.39, 0.29) is 5.78 Å². The quantitative estimate of drug-likeness (QED) is 0.869. The Morgan fingerprint density at radius 2 is 1.75 bits per heavy atom. The molecule has 0 saturated heterocycles. The Bertz CT molecular complexity index is 674. The summed E-state index contributed by atoms with van der Waals surface area (Å²) in [5, 5.41) is 9.22. The van der Waals surface area contributed by atoms with Crippen LogP contribution in [0.5, 0.6) is 0 Å². The summed E-state index contributed by atoms with van der Waals surface area (Å²) < 4.78 is 0. The average Bonchev–Trinajstić information content (AvgIpc) is 2.91. The van der Waals surface area contributed by atoms with Gasteiger partial charge in [0.05, 0.1) is 5.92 Å². The van der Waals surface area contributed by atoms with Gasteiger partial charge in [-0.2, -0.15) is 0 Å². The number of ketones is 1. The van der Waals surface area contributed by atoms with E-state index in [2.05, 4.69) is 0 Å². The third-order valence-electron chi connectivity index (χ3n) is 3.85. The largest absolute Gasteiger partial charge is 0.481 e. The first-order chi connectivity index (χ1) is 9.68. The maximum atomic E-state index is 12.5. The first-order valence-electron chi connectivity index (χ1n) is 6.63. The van der Waals surface area contributed by atoms with E-state index in [4.69, 9.17) is 0 Å². The lowest BCUT2D eigenvalue weighted by Crippen LogP contribution is -2.09. The third kappa shape index (κ3) is 2.01. The van der Waals surface area contributed by atoms with Gasteiger partial charge in [0.2, 0.25) is 0 Å². The number of hydrogen-bond acceptors (Lipinski definition) is 2. The van der Waals surface area contributed by atoms with E-state index in [1.807, 2.05) is 24.3 Å². The molecule has 0 aromatic heterocycles. The molecule has 0 amide bonds. The molecule has 1 atom stereocenters. The number of rotatable bonds is 3. The van der Waals surface area contributed by atoms with Crippen molar-refractivity contribution < 1.29 is 14.7 Å². The standard InChI is InChI=1S/C17H14O3/c18-16(11-5-2-1-3-6-11)14-8-4-7-12-13(14)9-10-15(12)17(19)20/h1-8,15H,9-10H2,(H,19,20). The van der Waals surface area contributed by atoms with Crippen molar-refractivity contribution in [1.82, 2.24) is 0 Å². The van der Waals surface area contributed by atoms with Crippen LogP contribution >= 0.6 is 0 Å². The molecule has 2 aromatic rings. The Labute approximate surface area is 116 Å². The monoisotopic (exact) mass is 266 g/mol. The number of carbonyl (C=O) groups excluding carboxylic acids is 1. The Morgan fingerprint density at radius 3 is 2.45 bits per heavy atom. The summed E-state index contributed by atoms with van der Waals surface area (Å²) in [6.07, 6.45) is 1.23. The van der Waals surface area contributed by atoms with E-state index >= 15 is 0 Å². The summed E-state index contributed by atoms with van der Waals surface area (Å²) in [4.78, 5) is 23.8. The van der Waals surface area contributed by atoms with Gasteiger partial charge < -0.3 is 5.11 Å². The number of fused-ring (bicyclic) bond motifs is 1. The van der Waals surface area contributed by atoms with Crippen molar-refractivity contribution in [3.05, 3.63) is 70.8 Å². The van der Waals surface area contributed by atoms with Crippen molar-refractivity contribution in [3.8, 4) is 0 Å². The Balaban J connectivity index is 2.05. The molecular formula is C17H14O3. The van der Waals surface area contributed by atoms with Gasteiger partial charge in [-0.1, -0.05) is 48.5 Å². The molecule has 3 heteroatoms. The molecule has 3 rings (SSSR count). The zero-order valence-corrected chi connectivity index (χ0v) is 10.9. The van der Waals surface area contributed by atoms with E-state index in [0.29, 0.717) is 24.0 Å². The van der Waals surface area contributed by atoms with Gasteiger partial charge in [-0.25, -0.2) is 0 Å². The van der Waals surface area contributed by atoms with Crippen LogP contribution in [-0.4, -0.2) is 16.9 Å². The molecule has 2 aromatic carbocycles. The van der Waals surface area contributed by atoms with E-state index in [1.165, 1.54) is 0 Å². The third-order valence-corrected chi connectivity index (χ3v) is 3.85. The van der Waals surface area contributed by atoms with Gasteiger partial charge in [-0.3, -0.25) is 9.59 Å². The van der Waals surface area contributed by atoms with Crippen molar-refractivity contribution in [1.29, 1.82) is 0 Å². The van der Waals surface area contributed by atoms with E-state index in [1.54, 1.807) is 24.3 Å². The van der Waals surface area contributed by atoms with Crippen LogP contribution in [-0.2, 0) is 11.2 Å². The van der Waals surface area contributed by atoms with Crippen LogP contribution in [0.4, 0.5) is 0 Å². The van der Waals surface area contributed by atoms with Crippen LogP contribution in [0.1, 0.15) is 39.4 Å².